The summed E-state index contributed by atoms with van der Waals surface area (Å²) in [7, 11) is 0. The molecule has 0 radical (unpaired) electrons. The minimum absolute atomic E-state index is 0.281. The van der Waals surface area contributed by atoms with Crippen molar-refractivity contribution < 1.29 is 0 Å². The van der Waals surface area contributed by atoms with E-state index in [0.717, 1.165) is 48.3 Å². The first kappa shape index (κ1) is 17.0. The van der Waals surface area contributed by atoms with Gasteiger partial charge in [0.2, 0.25) is 0 Å². The number of hydrogen-bond donors (Lipinski definition) is 2. The monoisotopic (exact) mass is 383 g/mol. The fourth-order valence-electron chi connectivity index (χ4n) is 5.08. The molecule has 3 aromatic heterocycles. The predicted octanol–water partition coefficient (Wildman–Crippen LogP) is 4.29. The van der Waals surface area contributed by atoms with Gasteiger partial charge in [-0.15, -0.1) is 0 Å². The standard InChI is InChI=1S/C24H25N5/c1-2-16-3-5-17(6-4-16)20-14-27-23-19(20)11-18(13-26-23)21-12-22-24(7-9-25-15-24)8-10-29(22)28-21/h3-6,11-14,25H,2,7-10,15H2,1H3,(H,26,27). The minimum atomic E-state index is 0.281. The second-order valence-corrected chi connectivity index (χ2v) is 8.47. The quantitative estimate of drug-likeness (QED) is 0.555. The SMILES string of the molecule is CCc1ccc(-c2c[nH]c3ncc(-c4cc5n(n4)CCC54CCNC4)cc23)cc1. The highest BCUT2D eigenvalue weighted by Gasteiger charge is 2.42. The van der Waals surface area contributed by atoms with Crippen LogP contribution in [0.25, 0.3) is 33.4 Å². The van der Waals surface area contributed by atoms with E-state index in [0.29, 0.717) is 0 Å². The van der Waals surface area contributed by atoms with Gasteiger partial charge in [-0.05, 0) is 49.1 Å². The maximum absolute atomic E-state index is 4.93. The molecule has 0 aliphatic carbocycles. The summed E-state index contributed by atoms with van der Waals surface area (Å²) in [6, 6.07) is 13.4. The van der Waals surface area contributed by atoms with E-state index in [4.69, 9.17) is 10.1 Å². The van der Waals surface area contributed by atoms with Crippen LogP contribution in [0.1, 0.15) is 31.0 Å². The van der Waals surface area contributed by atoms with Crippen LogP contribution in [0.5, 0.6) is 0 Å². The van der Waals surface area contributed by atoms with E-state index < -0.39 is 0 Å². The van der Waals surface area contributed by atoms with Gasteiger partial charge in [0.05, 0.1) is 5.69 Å². The molecule has 1 unspecified atom stereocenters. The van der Waals surface area contributed by atoms with Gasteiger partial charge >= 0.3 is 0 Å². The fraction of sp³-hybridized carbons (Fsp3) is 0.333. The Balaban J connectivity index is 1.42. The van der Waals surface area contributed by atoms with Gasteiger partial charge in [0.25, 0.3) is 0 Å². The molecule has 1 aromatic carbocycles. The van der Waals surface area contributed by atoms with E-state index >= 15 is 0 Å². The van der Waals surface area contributed by atoms with Crippen molar-refractivity contribution >= 4 is 11.0 Å². The molecule has 0 bridgehead atoms. The summed E-state index contributed by atoms with van der Waals surface area (Å²) in [6.45, 7) is 5.39. The van der Waals surface area contributed by atoms with Gasteiger partial charge in [-0.1, -0.05) is 31.2 Å². The smallest absolute Gasteiger partial charge is 0.137 e. The predicted molar refractivity (Wildman–Crippen MR) is 116 cm³/mol. The zero-order chi connectivity index (χ0) is 19.4. The van der Waals surface area contributed by atoms with Crippen LogP contribution in [0, 0.1) is 0 Å². The summed E-state index contributed by atoms with van der Waals surface area (Å²) >= 11 is 0. The third-order valence-corrected chi connectivity index (χ3v) is 6.87. The van der Waals surface area contributed by atoms with E-state index in [9.17, 15) is 0 Å². The molecule has 1 spiro atoms. The van der Waals surface area contributed by atoms with Crippen molar-refractivity contribution in [3.8, 4) is 22.4 Å². The molecule has 4 aromatic rings. The lowest BCUT2D eigenvalue weighted by atomic mass is 9.82. The van der Waals surface area contributed by atoms with Gasteiger partial charge in [-0.25, -0.2) is 4.98 Å². The number of fused-ring (bicyclic) bond motifs is 3. The van der Waals surface area contributed by atoms with E-state index in [1.807, 2.05) is 6.20 Å². The van der Waals surface area contributed by atoms with Gasteiger partial charge in [-0.2, -0.15) is 5.10 Å². The molecule has 2 aliphatic heterocycles. The highest BCUT2D eigenvalue weighted by atomic mass is 15.3. The third kappa shape index (κ3) is 2.57. The summed E-state index contributed by atoms with van der Waals surface area (Å²) in [5.41, 5.74) is 8.49. The summed E-state index contributed by atoms with van der Waals surface area (Å²) in [5, 5.41) is 9.63. The fourth-order valence-corrected chi connectivity index (χ4v) is 5.08. The second-order valence-electron chi connectivity index (χ2n) is 8.47. The molecule has 1 fully saturated rings. The maximum atomic E-state index is 4.93. The Labute approximate surface area is 170 Å². The molecule has 2 N–H and O–H groups in total. The van der Waals surface area contributed by atoms with Crippen LogP contribution in [0.4, 0.5) is 0 Å². The number of pyridine rings is 1. The van der Waals surface area contributed by atoms with Crippen LogP contribution < -0.4 is 5.32 Å². The number of rotatable bonds is 3. The molecule has 1 saturated heterocycles. The number of nitrogens with one attached hydrogen (secondary N) is 2. The van der Waals surface area contributed by atoms with Crippen molar-refractivity contribution in [2.45, 2.75) is 38.1 Å². The molecule has 2 aliphatic rings. The molecule has 29 heavy (non-hydrogen) atoms. The zero-order valence-electron chi connectivity index (χ0n) is 16.7. The average molecular weight is 383 g/mol. The normalized spacial score (nSPS) is 20.7. The highest BCUT2D eigenvalue weighted by molar-refractivity contribution is 5.95. The number of aryl methyl sites for hydroxylation is 2. The van der Waals surface area contributed by atoms with Crippen molar-refractivity contribution in [1.29, 1.82) is 0 Å². The van der Waals surface area contributed by atoms with E-state index in [-0.39, 0.29) is 5.41 Å². The summed E-state index contributed by atoms with van der Waals surface area (Å²) in [6.07, 6.45) is 7.48. The maximum Gasteiger partial charge on any atom is 0.137 e. The topological polar surface area (TPSA) is 58.5 Å². The van der Waals surface area contributed by atoms with Crippen LogP contribution in [-0.2, 0) is 18.4 Å². The molecule has 5 nitrogen and oxygen atoms in total. The lowest BCUT2D eigenvalue weighted by molar-refractivity contribution is 0.467. The van der Waals surface area contributed by atoms with Crippen molar-refractivity contribution in [1.82, 2.24) is 25.1 Å². The van der Waals surface area contributed by atoms with Crippen LogP contribution in [0.3, 0.4) is 0 Å². The third-order valence-electron chi connectivity index (χ3n) is 6.87. The number of nitrogens with zero attached hydrogens (tertiary/aromatic N) is 3. The van der Waals surface area contributed by atoms with E-state index in [2.05, 4.69) is 64.5 Å². The molecule has 1 atom stereocenters. The van der Waals surface area contributed by atoms with Crippen molar-refractivity contribution in [2.24, 2.45) is 0 Å². The zero-order valence-corrected chi connectivity index (χ0v) is 16.7. The Bertz CT molecular complexity index is 1190. The molecular formula is C24H25N5. The van der Waals surface area contributed by atoms with Crippen LogP contribution >= 0.6 is 0 Å². The Morgan fingerprint density at radius 3 is 2.79 bits per heavy atom. The largest absolute Gasteiger partial charge is 0.346 e. The minimum Gasteiger partial charge on any atom is -0.346 e. The Kier molecular flexibility index (Phi) is 3.68. The summed E-state index contributed by atoms with van der Waals surface area (Å²) in [5.74, 6) is 0. The van der Waals surface area contributed by atoms with Crippen LogP contribution in [0.15, 0.2) is 48.8 Å². The number of aromatic amines is 1. The molecular weight excluding hydrogens is 358 g/mol. The Morgan fingerprint density at radius 2 is 2.00 bits per heavy atom. The van der Waals surface area contributed by atoms with Gasteiger partial charge in [0.1, 0.15) is 5.65 Å². The Morgan fingerprint density at radius 1 is 1.10 bits per heavy atom. The molecule has 0 saturated carbocycles. The first-order valence-corrected chi connectivity index (χ1v) is 10.6. The summed E-state index contributed by atoms with van der Waals surface area (Å²) in [4.78, 5) is 8.02. The van der Waals surface area contributed by atoms with Crippen molar-refractivity contribution in [2.75, 3.05) is 13.1 Å². The van der Waals surface area contributed by atoms with Gasteiger partial charge < -0.3 is 10.3 Å². The van der Waals surface area contributed by atoms with Crippen LogP contribution in [0.2, 0.25) is 0 Å². The number of H-pyrrole nitrogens is 1. The first-order valence-electron chi connectivity index (χ1n) is 10.6. The van der Waals surface area contributed by atoms with Gasteiger partial charge in [0.15, 0.2) is 0 Å². The highest BCUT2D eigenvalue weighted by Crippen LogP contribution is 2.41. The van der Waals surface area contributed by atoms with Gasteiger partial charge in [0, 0.05) is 53.1 Å². The number of benzene rings is 1. The Hall–Kier alpha value is -2.92. The summed E-state index contributed by atoms with van der Waals surface area (Å²) < 4.78 is 2.22. The first-order chi connectivity index (χ1) is 14.3. The molecule has 5 heterocycles. The molecule has 146 valence electrons. The second kappa shape index (κ2) is 6.29. The van der Waals surface area contributed by atoms with E-state index in [1.165, 1.54) is 35.2 Å². The number of hydrogen-bond acceptors (Lipinski definition) is 3. The van der Waals surface area contributed by atoms with Gasteiger partial charge in [-0.3, -0.25) is 4.68 Å². The molecule has 6 rings (SSSR count). The number of aromatic nitrogens is 4. The van der Waals surface area contributed by atoms with Crippen molar-refractivity contribution in [3.63, 3.8) is 0 Å². The lowest BCUT2D eigenvalue weighted by Gasteiger charge is -2.20. The molecule has 5 heteroatoms. The van der Waals surface area contributed by atoms with Crippen molar-refractivity contribution in [3.05, 3.63) is 60.0 Å². The average Bonchev–Trinajstić information content (AvgIpc) is 3.54. The van der Waals surface area contributed by atoms with E-state index in [1.54, 1.807) is 0 Å². The molecule has 0 amide bonds. The lowest BCUT2D eigenvalue weighted by Crippen LogP contribution is -2.25. The van der Waals surface area contributed by atoms with Crippen LogP contribution in [-0.4, -0.2) is 32.8 Å².